The largest absolute Gasteiger partial charge is 0.443 e. The topological polar surface area (TPSA) is 132 Å². The first kappa shape index (κ1) is 19.4. The van der Waals surface area contributed by atoms with Gasteiger partial charge in [-0.25, -0.2) is 15.0 Å². The van der Waals surface area contributed by atoms with Crippen LogP contribution in [0.1, 0.15) is 28.3 Å². The summed E-state index contributed by atoms with van der Waals surface area (Å²) in [6.07, 6.45) is 3.55. The van der Waals surface area contributed by atoms with Crippen LogP contribution in [0.4, 0.5) is 5.95 Å². The van der Waals surface area contributed by atoms with Crippen molar-refractivity contribution in [1.29, 1.82) is 5.26 Å². The summed E-state index contributed by atoms with van der Waals surface area (Å²) >= 11 is 0. The molecular weight excluding hydrogens is 404 g/mol. The molecule has 0 atom stereocenters. The molecule has 0 radical (unpaired) electrons. The summed E-state index contributed by atoms with van der Waals surface area (Å²) in [6, 6.07) is 13.3. The number of anilines is 1. The Morgan fingerprint density at radius 3 is 2.69 bits per heavy atom. The van der Waals surface area contributed by atoms with Gasteiger partial charge in [0.05, 0.1) is 40.7 Å². The fraction of sp³-hybridized carbons (Fsp3) is 0.130. The Morgan fingerprint density at radius 2 is 1.94 bits per heavy atom. The molecule has 5 rings (SSSR count). The Bertz CT molecular complexity index is 1510. The molecule has 0 aliphatic carbocycles. The molecule has 156 valence electrons. The summed E-state index contributed by atoms with van der Waals surface area (Å²) in [4.78, 5) is 18.0. The van der Waals surface area contributed by atoms with Crippen LogP contribution in [-0.4, -0.2) is 29.5 Å². The molecule has 0 aliphatic rings. The SMILES string of the molecule is Cc1cccnc1Cc1nc2c(-c3ocnc3C)c(-c3ccccc3C#N)nc(N)n2n1. The van der Waals surface area contributed by atoms with E-state index in [1.165, 1.54) is 10.9 Å². The molecule has 2 N–H and O–H groups in total. The van der Waals surface area contributed by atoms with Gasteiger partial charge >= 0.3 is 0 Å². The van der Waals surface area contributed by atoms with Crippen LogP contribution in [0.3, 0.4) is 0 Å². The average Bonchev–Trinajstić information content (AvgIpc) is 3.42. The third-order valence-electron chi connectivity index (χ3n) is 5.27. The second kappa shape index (κ2) is 7.59. The van der Waals surface area contributed by atoms with Gasteiger partial charge in [0.25, 0.3) is 0 Å². The molecule has 9 heteroatoms. The highest BCUT2D eigenvalue weighted by Crippen LogP contribution is 2.37. The molecule has 0 amide bonds. The van der Waals surface area contributed by atoms with E-state index in [-0.39, 0.29) is 5.95 Å². The zero-order valence-electron chi connectivity index (χ0n) is 17.4. The summed E-state index contributed by atoms with van der Waals surface area (Å²) in [5.74, 6) is 1.20. The molecule has 4 aromatic heterocycles. The Balaban J connectivity index is 1.79. The predicted octanol–water partition coefficient (Wildman–Crippen LogP) is 3.50. The molecule has 1 aromatic carbocycles. The minimum atomic E-state index is 0.153. The Morgan fingerprint density at radius 1 is 1.09 bits per heavy atom. The number of oxazole rings is 1. The van der Waals surface area contributed by atoms with E-state index in [2.05, 4.69) is 26.1 Å². The zero-order chi connectivity index (χ0) is 22.2. The first-order valence-corrected chi connectivity index (χ1v) is 9.92. The summed E-state index contributed by atoms with van der Waals surface area (Å²) in [5.41, 5.74) is 11.5. The summed E-state index contributed by atoms with van der Waals surface area (Å²) in [6.45, 7) is 3.83. The van der Waals surface area contributed by atoms with Crippen molar-refractivity contribution in [3.8, 4) is 28.7 Å². The number of hydrogen-bond acceptors (Lipinski definition) is 8. The Kier molecular flexibility index (Phi) is 4.60. The van der Waals surface area contributed by atoms with Crippen LogP contribution in [0.15, 0.2) is 53.4 Å². The van der Waals surface area contributed by atoms with Crippen LogP contribution in [0.2, 0.25) is 0 Å². The molecule has 32 heavy (non-hydrogen) atoms. The van der Waals surface area contributed by atoms with Crippen molar-refractivity contribution in [3.05, 3.63) is 77.3 Å². The molecular formula is C23H18N8O. The first-order chi connectivity index (χ1) is 15.6. The smallest absolute Gasteiger partial charge is 0.223 e. The number of nitrogens with zero attached hydrogens (tertiary/aromatic N) is 7. The maximum absolute atomic E-state index is 9.65. The van der Waals surface area contributed by atoms with Gasteiger partial charge in [-0.1, -0.05) is 24.3 Å². The van der Waals surface area contributed by atoms with Crippen molar-refractivity contribution >= 4 is 11.6 Å². The summed E-state index contributed by atoms with van der Waals surface area (Å²) in [5, 5.41) is 14.2. The minimum Gasteiger partial charge on any atom is -0.443 e. The predicted molar refractivity (Wildman–Crippen MR) is 117 cm³/mol. The number of aromatic nitrogens is 6. The normalized spacial score (nSPS) is 11.0. The van der Waals surface area contributed by atoms with E-state index in [0.29, 0.717) is 51.7 Å². The minimum absolute atomic E-state index is 0.153. The molecule has 0 unspecified atom stereocenters. The van der Waals surface area contributed by atoms with Crippen LogP contribution in [0.5, 0.6) is 0 Å². The molecule has 5 aromatic rings. The highest BCUT2D eigenvalue weighted by atomic mass is 16.3. The van der Waals surface area contributed by atoms with Crippen LogP contribution in [0.25, 0.3) is 28.2 Å². The third kappa shape index (κ3) is 3.15. The van der Waals surface area contributed by atoms with Crippen LogP contribution >= 0.6 is 0 Å². The van der Waals surface area contributed by atoms with E-state index in [9.17, 15) is 5.26 Å². The number of aryl methyl sites for hydroxylation is 2. The molecule has 0 saturated carbocycles. The van der Waals surface area contributed by atoms with E-state index in [1.54, 1.807) is 18.3 Å². The fourth-order valence-electron chi connectivity index (χ4n) is 3.66. The van der Waals surface area contributed by atoms with Crippen molar-refractivity contribution in [2.45, 2.75) is 20.3 Å². The number of pyridine rings is 1. The number of nitrogen functional groups attached to an aromatic ring is 1. The highest BCUT2D eigenvalue weighted by Gasteiger charge is 2.25. The van der Waals surface area contributed by atoms with Crippen LogP contribution in [0, 0.1) is 25.2 Å². The highest BCUT2D eigenvalue weighted by molar-refractivity contribution is 5.90. The second-order valence-electron chi connectivity index (χ2n) is 7.33. The summed E-state index contributed by atoms with van der Waals surface area (Å²) in [7, 11) is 0. The van der Waals surface area contributed by atoms with Crippen molar-refractivity contribution in [3.63, 3.8) is 0 Å². The summed E-state index contributed by atoms with van der Waals surface area (Å²) < 4.78 is 7.20. The van der Waals surface area contributed by atoms with Gasteiger partial charge in [0.1, 0.15) is 0 Å². The number of fused-ring (bicyclic) bond motifs is 1. The number of benzene rings is 1. The molecule has 0 spiro atoms. The molecule has 0 fully saturated rings. The van der Waals surface area contributed by atoms with Gasteiger partial charge in [-0.3, -0.25) is 4.98 Å². The van der Waals surface area contributed by atoms with E-state index in [1.807, 2.05) is 38.1 Å². The lowest BCUT2D eigenvalue weighted by atomic mass is 9.99. The molecule has 9 nitrogen and oxygen atoms in total. The van der Waals surface area contributed by atoms with Gasteiger partial charge in [0, 0.05) is 11.8 Å². The van der Waals surface area contributed by atoms with E-state index in [0.717, 1.165) is 11.3 Å². The molecule has 0 saturated heterocycles. The zero-order valence-corrected chi connectivity index (χ0v) is 17.4. The Hall–Kier alpha value is -4.58. The number of nitriles is 1. The van der Waals surface area contributed by atoms with Gasteiger partial charge in [-0.2, -0.15) is 9.78 Å². The second-order valence-corrected chi connectivity index (χ2v) is 7.33. The van der Waals surface area contributed by atoms with E-state index < -0.39 is 0 Å². The number of hydrogen-bond donors (Lipinski definition) is 1. The quantitative estimate of drug-likeness (QED) is 0.465. The first-order valence-electron chi connectivity index (χ1n) is 9.92. The van der Waals surface area contributed by atoms with Crippen molar-refractivity contribution in [2.24, 2.45) is 0 Å². The van der Waals surface area contributed by atoms with Gasteiger partial charge in [0.2, 0.25) is 5.95 Å². The van der Waals surface area contributed by atoms with E-state index in [4.69, 9.17) is 15.1 Å². The lowest BCUT2D eigenvalue weighted by molar-refractivity contribution is 0.571. The molecule has 0 aliphatic heterocycles. The standard InChI is InChI=1S/C23H18N8O/c1-13-6-5-9-26-17(13)10-18-28-22-19(21-14(2)27-12-32-21)20(29-23(25)31(22)30-18)16-8-4-3-7-15(16)11-24/h3-9,12H,10H2,1-2H3,(H2,25,29). The number of rotatable bonds is 4. The maximum Gasteiger partial charge on any atom is 0.223 e. The van der Waals surface area contributed by atoms with E-state index >= 15 is 0 Å². The van der Waals surface area contributed by atoms with Crippen LogP contribution < -0.4 is 5.73 Å². The third-order valence-corrected chi connectivity index (χ3v) is 5.27. The lowest BCUT2D eigenvalue weighted by Gasteiger charge is -2.11. The van der Waals surface area contributed by atoms with Gasteiger partial charge in [-0.15, -0.1) is 5.10 Å². The number of nitrogens with two attached hydrogens (primary N) is 1. The monoisotopic (exact) mass is 422 g/mol. The van der Waals surface area contributed by atoms with Crippen molar-refractivity contribution in [2.75, 3.05) is 5.73 Å². The maximum atomic E-state index is 9.65. The molecule has 0 bridgehead atoms. The van der Waals surface area contributed by atoms with Crippen molar-refractivity contribution < 1.29 is 4.42 Å². The van der Waals surface area contributed by atoms with Crippen molar-refractivity contribution in [1.82, 2.24) is 29.5 Å². The lowest BCUT2D eigenvalue weighted by Crippen LogP contribution is -2.06. The van der Waals surface area contributed by atoms with Gasteiger partial charge < -0.3 is 10.2 Å². The fourth-order valence-corrected chi connectivity index (χ4v) is 3.66. The molecule has 4 heterocycles. The van der Waals surface area contributed by atoms with Gasteiger partial charge in [0.15, 0.2) is 23.6 Å². The van der Waals surface area contributed by atoms with Gasteiger partial charge in [-0.05, 0) is 31.5 Å². The Labute approximate surface area is 183 Å². The van der Waals surface area contributed by atoms with Crippen LogP contribution in [-0.2, 0) is 6.42 Å². The average molecular weight is 422 g/mol.